The Bertz CT molecular complexity index is 379. The lowest BCUT2D eigenvalue weighted by Gasteiger charge is -2.21. The molecule has 0 amide bonds. The van der Waals surface area contributed by atoms with E-state index in [-0.39, 0.29) is 12.5 Å². The zero-order valence-corrected chi connectivity index (χ0v) is 10.2. The largest absolute Gasteiger partial charge is 0.416 e. The van der Waals surface area contributed by atoms with Crippen LogP contribution in [0.3, 0.4) is 0 Å². The normalized spacial score (nSPS) is 15.4. The minimum atomic E-state index is -4.34. The Balaban J connectivity index is 2.83. The third-order valence-electron chi connectivity index (χ3n) is 3.03. The summed E-state index contributed by atoms with van der Waals surface area (Å²) in [6.45, 7) is 1.94. The minimum Gasteiger partial charge on any atom is -0.396 e. The van der Waals surface area contributed by atoms with Crippen molar-refractivity contribution in [3.8, 4) is 0 Å². The molecule has 102 valence electrons. The van der Waals surface area contributed by atoms with Gasteiger partial charge in [-0.3, -0.25) is 0 Å². The smallest absolute Gasteiger partial charge is 0.396 e. The average Bonchev–Trinajstić information content (AvgIpc) is 2.34. The number of rotatable bonds is 5. The quantitative estimate of drug-likeness (QED) is 0.855. The van der Waals surface area contributed by atoms with Crippen LogP contribution in [0.5, 0.6) is 0 Å². The zero-order chi connectivity index (χ0) is 13.8. The molecule has 3 N–H and O–H groups in total. The summed E-state index contributed by atoms with van der Waals surface area (Å²) >= 11 is 0. The lowest BCUT2D eigenvalue weighted by Crippen LogP contribution is -2.20. The lowest BCUT2D eigenvalue weighted by molar-refractivity contribution is -0.137. The minimum absolute atomic E-state index is 0.0284. The van der Waals surface area contributed by atoms with Crippen LogP contribution in [-0.4, -0.2) is 11.7 Å². The van der Waals surface area contributed by atoms with Gasteiger partial charge in [-0.1, -0.05) is 19.1 Å². The van der Waals surface area contributed by atoms with Crippen molar-refractivity contribution in [1.82, 2.24) is 0 Å². The van der Waals surface area contributed by atoms with Gasteiger partial charge >= 0.3 is 6.18 Å². The van der Waals surface area contributed by atoms with Crippen molar-refractivity contribution in [1.29, 1.82) is 0 Å². The van der Waals surface area contributed by atoms with E-state index in [4.69, 9.17) is 10.8 Å². The molecule has 2 atom stereocenters. The molecule has 0 saturated carbocycles. The van der Waals surface area contributed by atoms with Gasteiger partial charge in [0.05, 0.1) is 5.56 Å². The second-order valence-electron chi connectivity index (χ2n) is 4.49. The van der Waals surface area contributed by atoms with Crippen molar-refractivity contribution in [3.05, 3.63) is 35.4 Å². The fraction of sp³-hybridized carbons (Fsp3) is 0.538. The van der Waals surface area contributed by atoms with Gasteiger partial charge in [0.1, 0.15) is 0 Å². The van der Waals surface area contributed by atoms with Gasteiger partial charge in [-0.2, -0.15) is 13.2 Å². The second-order valence-corrected chi connectivity index (χ2v) is 4.49. The van der Waals surface area contributed by atoms with E-state index in [1.54, 1.807) is 6.07 Å². The molecule has 0 aliphatic rings. The van der Waals surface area contributed by atoms with Crippen molar-refractivity contribution in [2.45, 2.75) is 32.0 Å². The molecule has 0 bridgehead atoms. The lowest BCUT2D eigenvalue weighted by atomic mass is 9.91. The molecule has 18 heavy (non-hydrogen) atoms. The molecule has 0 radical (unpaired) electrons. The number of nitrogens with two attached hydrogens (primary N) is 1. The van der Waals surface area contributed by atoms with Gasteiger partial charge in [0.15, 0.2) is 0 Å². The summed E-state index contributed by atoms with van der Waals surface area (Å²) in [6, 6.07) is 4.67. The fourth-order valence-corrected chi connectivity index (χ4v) is 1.84. The Morgan fingerprint density at radius 2 is 2.00 bits per heavy atom. The van der Waals surface area contributed by atoms with Gasteiger partial charge < -0.3 is 10.8 Å². The molecule has 1 rings (SSSR count). The van der Waals surface area contributed by atoms with Crippen LogP contribution in [0, 0.1) is 5.92 Å². The predicted octanol–water partition coefficient (Wildman–Crippen LogP) is 3.11. The number of benzene rings is 1. The Morgan fingerprint density at radius 1 is 1.33 bits per heavy atom. The first kappa shape index (κ1) is 15.0. The molecule has 0 aliphatic heterocycles. The molecule has 2 nitrogen and oxygen atoms in total. The van der Waals surface area contributed by atoms with E-state index in [1.807, 2.05) is 6.92 Å². The topological polar surface area (TPSA) is 46.2 Å². The van der Waals surface area contributed by atoms with Gasteiger partial charge in [0.25, 0.3) is 0 Å². The van der Waals surface area contributed by atoms with Crippen LogP contribution in [0.2, 0.25) is 0 Å². The van der Waals surface area contributed by atoms with Crippen molar-refractivity contribution in [3.63, 3.8) is 0 Å². The molecule has 1 aromatic rings. The number of aliphatic hydroxyl groups is 1. The Hall–Kier alpha value is -1.07. The summed E-state index contributed by atoms with van der Waals surface area (Å²) < 4.78 is 37.7. The summed E-state index contributed by atoms with van der Waals surface area (Å²) in [5.74, 6) is 0.0284. The summed E-state index contributed by atoms with van der Waals surface area (Å²) in [7, 11) is 0. The predicted molar refractivity (Wildman–Crippen MR) is 63.9 cm³/mol. The Morgan fingerprint density at radius 3 is 2.56 bits per heavy atom. The summed E-state index contributed by atoms with van der Waals surface area (Å²) in [4.78, 5) is 0. The van der Waals surface area contributed by atoms with E-state index in [0.29, 0.717) is 18.4 Å². The third-order valence-corrected chi connectivity index (χ3v) is 3.03. The summed E-state index contributed by atoms with van der Waals surface area (Å²) in [6.07, 6.45) is -3.05. The number of aliphatic hydroxyl groups excluding tert-OH is 1. The maximum atomic E-state index is 12.6. The molecule has 0 spiro atoms. The van der Waals surface area contributed by atoms with Gasteiger partial charge in [0.2, 0.25) is 0 Å². The Labute approximate surface area is 105 Å². The maximum Gasteiger partial charge on any atom is 0.416 e. The molecule has 0 aromatic heterocycles. The first-order valence-electron chi connectivity index (χ1n) is 5.90. The number of hydrogen-bond acceptors (Lipinski definition) is 2. The van der Waals surface area contributed by atoms with Crippen LogP contribution >= 0.6 is 0 Å². The van der Waals surface area contributed by atoms with E-state index in [9.17, 15) is 13.2 Å². The highest BCUT2D eigenvalue weighted by Crippen LogP contribution is 2.32. The van der Waals surface area contributed by atoms with Crippen LogP contribution in [-0.2, 0) is 6.18 Å². The summed E-state index contributed by atoms with van der Waals surface area (Å²) in [5, 5.41) is 8.73. The number of alkyl halides is 3. The van der Waals surface area contributed by atoms with Crippen LogP contribution in [0.1, 0.15) is 36.9 Å². The van der Waals surface area contributed by atoms with Gasteiger partial charge in [0, 0.05) is 12.6 Å². The van der Waals surface area contributed by atoms with Crippen molar-refractivity contribution >= 4 is 0 Å². The molecule has 2 unspecified atom stereocenters. The highest BCUT2D eigenvalue weighted by molar-refractivity contribution is 5.28. The van der Waals surface area contributed by atoms with E-state index in [2.05, 4.69) is 0 Å². The molecule has 0 fully saturated rings. The van der Waals surface area contributed by atoms with E-state index in [0.717, 1.165) is 12.1 Å². The molecule has 0 aliphatic carbocycles. The SMILES string of the molecule is CC(CCCO)C(N)c1cccc(C(F)(F)F)c1. The molecular formula is C13H18F3NO. The molecule has 5 heteroatoms. The van der Waals surface area contributed by atoms with E-state index in [1.165, 1.54) is 6.07 Å². The van der Waals surface area contributed by atoms with Gasteiger partial charge in [-0.05, 0) is 36.5 Å². The highest BCUT2D eigenvalue weighted by Gasteiger charge is 2.31. The van der Waals surface area contributed by atoms with Crippen LogP contribution in [0.25, 0.3) is 0 Å². The zero-order valence-electron chi connectivity index (χ0n) is 10.2. The van der Waals surface area contributed by atoms with Gasteiger partial charge in [-0.25, -0.2) is 0 Å². The monoisotopic (exact) mass is 261 g/mol. The fourth-order valence-electron chi connectivity index (χ4n) is 1.84. The molecule has 0 saturated heterocycles. The van der Waals surface area contributed by atoms with Crippen molar-refractivity contribution in [2.75, 3.05) is 6.61 Å². The highest BCUT2D eigenvalue weighted by atomic mass is 19.4. The molecular weight excluding hydrogens is 243 g/mol. The molecule has 1 aromatic carbocycles. The molecule has 0 heterocycles. The first-order chi connectivity index (χ1) is 8.36. The van der Waals surface area contributed by atoms with Gasteiger partial charge in [-0.15, -0.1) is 0 Å². The maximum absolute atomic E-state index is 12.6. The third kappa shape index (κ3) is 3.99. The standard InChI is InChI=1S/C13H18F3NO/c1-9(4-3-7-18)12(17)10-5-2-6-11(8-10)13(14,15)16/h2,5-6,8-9,12,18H,3-4,7,17H2,1H3. The summed E-state index contributed by atoms with van der Waals surface area (Å²) in [5.41, 5.74) is 5.75. The van der Waals surface area contributed by atoms with Crippen LogP contribution < -0.4 is 5.73 Å². The Kier molecular flexibility index (Phi) is 5.16. The first-order valence-corrected chi connectivity index (χ1v) is 5.90. The average molecular weight is 261 g/mol. The number of halogens is 3. The van der Waals surface area contributed by atoms with E-state index >= 15 is 0 Å². The van der Waals surface area contributed by atoms with Crippen LogP contribution in [0.4, 0.5) is 13.2 Å². The van der Waals surface area contributed by atoms with E-state index < -0.39 is 17.8 Å². The van der Waals surface area contributed by atoms with Crippen LogP contribution in [0.15, 0.2) is 24.3 Å². The second kappa shape index (κ2) is 6.20. The van der Waals surface area contributed by atoms with Crippen molar-refractivity contribution < 1.29 is 18.3 Å². The van der Waals surface area contributed by atoms with Crippen molar-refractivity contribution in [2.24, 2.45) is 11.7 Å². The number of hydrogen-bond donors (Lipinski definition) is 2.